The van der Waals surface area contributed by atoms with Crippen LogP contribution < -0.4 is 6.15 Å². The summed E-state index contributed by atoms with van der Waals surface area (Å²) in [5.74, 6) is 2.26. The molecule has 0 radical (unpaired) electrons. The maximum atomic E-state index is 7.44. The first-order chi connectivity index (χ1) is 21.2. The molecule has 0 heterocycles. The van der Waals surface area contributed by atoms with Crippen molar-refractivity contribution in [2.45, 2.75) is 178 Å². The van der Waals surface area contributed by atoms with E-state index >= 15 is 0 Å². The van der Waals surface area contributed by atoms with Crippen LogP contribution in [-0.2, 0) is 12.8 Å². The standard InChI is InChI=1S/2C12H18O.2C8H17.Sn/c2*1-2-3-4-5-8-11-9-6-7-10-12(11)13;2*1-3-5-7-8-6-4-2;/h2*6-7,9-10,13H,2-5,8H2,1H3;2*1,3-8H2,2H3;/q;;;;+2/p-2. The normalized spacial score (nSPS) is 11.6. The summed E-state index contributed by atoms with van der Waals surface area (Å²) in [6.45, 7) is 9.21. The van der Waals surface area contributed by atoms with E-state index in [-0.39, 0.29) is 0 Å². The molecule has 2 nitrogen and oxygen atoms in total. The molecule has 0 unspecified atom stereocenters. The molecule has 2 rings (SSSR count). The molecule has 244 valence electrons. The fourth-order valence-corrected chi connectivity index (χ4v) is 16.1. The molecule has 0 N–H and O–H groups in total. The molecular weight excluding hydrogens is 631 g/mol. The van der Waals surface area contributed by atoms with Crippen molar-refractivity contribution in [1.29, 1.82) is 0 Å². The fraction of sp³-hybridized carbons (Fsp3) is 0.700. The van der Waals surface area contributed by atoms with Crippen LogP contribution in [0.5, 0.6) is 11.5 Å². The van der Waals surface area contributed by atoms with E-state index < -0.39 is 19.2 Å². The van der Waals surface area contributed by atoms with Gasteiger partial charge in [-0.15, -0.1) is 0 Å². The predicted molar refractivity (Wildman–Crippen MR) is 192 cm³/mol. The zero-order valence-electron chi connectivity index (χ0n) is 28.9. The number of benzene rings is 2. The molecule has 3 heteroatoms. The van der Waals surface area contributed by atoms with Crippen LogP contribution in [0.25, 0.3) is 0 Å². The molecule has 0 fully saturated rings. The van der Waals surface area contributed by atoms with E-state index in [1.165, 1.54) is 140 Å². The third-order valence-electron chi connectivity index (χ3n) is 8.96. The van der Waals surface area contributed by atoms with Crippen molar-refractivity contribution in [3.8, 4) is 11.5 Å². The van der Waals surface area contributed by atoms with Crippen LogP contribution in [0.2, 0.25) is 8.87 Å². The molecule has 2 aromatic rings. The summed E-state index contributed by atoms with van der Waals surface area (Å²) in [6, 6.07) is 17.9. The molecule has 0 bridgehead atoms. The van der Waals surface area contributed by atoms with Gasteiger partial charge >= 0.3 is 274 Å². The van der Waals surface area contributed by atoms with Gasteiger partial charge in [-0.2, -0.15) is 0 Å². The van der Waals surface area contributed by atoms with E-state index in [0.29, 0.717) is 0 Å². The van der Waals surface area contributed by atoms with Crippen LogP contribution in [0.3, 0.4) is 0 Å². The first-order valence-corrected chi connectivity index (χ1v) is 25.1. The van der Waals surface area contributed by atoms with Crippen molar-refractivity contribution < 1.29 is 6.15 Å². The summed E-state index contributed by atoms with van der Waals surface area (Å²) >= 11 is -3.59. The number of hydrogen-bond acceptors (Lipinski definition) is 2. The number of para-hydroxylation sites is 2. The van der Waals surface area contributed by atoms with E-state index in [9.17, 15) is 0 Å². The minimum atomic E-state index is -3.59. The summed E-state index contributed by atoms with van der Waals surface area (Å²) in [4.78, 5) is 0. The Balaban J connectivity index is 2.34. The number of unbranched alkanes of at least 4 members (excludes halogenated alkanes) is 16. The maximum absolute atomic E-state index is 7.44. The summed E-state index contributed by atoms with van der Waals surface area (Å²) < 4.78 is 17.2. The number of hydrogen-bond donors (Lipinski definition) is 0. The number of aryl methyl sites for hydroxylation is 2. The topological polar surface area (TPSA) is 18.5 Å². The van der Waals surface area contributed by atoms with Crippen molar-refractivity contribution in [2.24, 2.45) is 0 Å². The molecule has 0 saturated carbocycles. The van der Waals surface area contributed by atoms with Gasteiger partial charge < -0.3 is 0 Å². The van der Waals surface area contributed by atoms with E-state index in [0.717, 1.165) is 33.2 Å². The second-order valence-corrected chi connectivity index (χ2v) is 22.2. The van der Waals surface area contributed by atoms with Crippen LogP contribution in [0, 0.1) is 0 Å². The Morgan fingerprint density at radius 3 is 1.12 bits per heavy atom. The quantitative estimate of drug-likeness (QED) is 0.0650. The Morgan fingerprint density at radius 2 is 0.721 bits per heavy atom. The second kappa shape index (κ2) is 25.1. The molecule has 0 saturated heterocycles. The molecule has 0 aliphatic carbocycles. The number of rotatable bonds is 28. The zero-order chi connectivity index (χ0) is 30.9. The van der Waals surface area contributed by atoms with Gasteiger partial charge in [0.25, 0.3) is 0 Å². The monoisotopic (exact) mass is 700 g/mol. The summed E-state index contributed by atoms with van der Waals surface area (Å²) in [5.41, 5.74) is 2.78. The van der Waals surface area contributed by atoms with E-state index in [1.54, 1.807) is 0 Å². The molecule has 0 atom stereocenters. The Hall–Kier alpha value is -1.16. The first-order valence-electron chi connectivity index (χ1n) is 18.7. The van der Waals surface area contributed by atoms with Crippen molar-refractivity contribution in [2.75, 3.05) is 0 Å². The summed E-state index contributed by atoms with van der Waals surface area (Å²) in [6.07, 6.45) is 28.3. The van der Waals surface area contributed by atoms with Gasteiger partial charge in [0.1, 0.15) is 0 Å². The van der Waals surface area contributed by atoms with Crippen LogP contribution in [-0.4, -0.2) is 19.2 Å². The molecule has 0 aromatic heterocycles. The van der Waals surface area contributed by atoms with Gasteiger partial charge in [0, 0.05) is 0 Å². The van der Waals surface area contributed by atoms with Gasteiger partial charge in [-0.25, -0.2) is 0 Å². The van der Waals surface area contributed by atoms with Crippen molar-refractivity contribution >= 4 is 19.2 Å². The van der Waals surface area contributed by atoms with Gasteiger partial charge in [0.15, 0.2) is 0 Å². The molecule has 2 aromatic carbocycles. The molecule has 0 amide bonds. The summed E-state index contributed by atoms with van der Waals surface area (Å²) in [5, 5.41) is 0. The Labute approximate surface area is 273 Å². The van der Waals surface area contributed by atoms with Gasteiger partial charge in [-0.3, -0.25) is 0 Å². The van der Waals surface area contributed by atoms with Crippen LogP contribution in [0.4, 0.5) is 0 Å². The molecular formula is C40H68O2Sn. The van der Waals surface area contributed by atoms with Gasteiger partial charge in [0.2, 0.25) is 0 Å². The van der Waals surface area contributed by atoms with Crippen LogP contribution in [0.1, 0.15) is 167 Å². The van der Waals surface area contributed by atoms with Gasteiger partial charge in [-0.05, 0) is 0 Å². The Morgan fingerprint density at radius 1 is 0.395 bits per heavy atom. The molecule has 0 aliphatic rings. The average molecular weight is 700 g/mol. The first kappa shape index (κ1) is 38.0. The summed E-state index contributed by atoms with van der Waals surface area (Å²) in [7, 11) is 0. The van der Waals surface area contributed by atoms with Crippen molar-refractivity contribution in [3.05, 3.63) is 59.7 Å². The molecule has 0 spiro atoms. The SMILES string of the molecule is CCCCCCC[CH2][Sn]([CH2]CCCCCCC)([O]c1ccccc1CCCCCC)[O]c1ccccc1CCCCCC. The van der Waals surface area contributed by atoms with Crippen LogP contribution >= 0.6 is 0 Å². The minimum absolute atomic E-state index is 1.11. The van der Waals surface area contributed by atoms with E-state index in [1.807, 2.05) is 0 Å². The van der Waals surface area contributed by atoms with Gasteiger partial charge in [0.05, 0.1) is 0 Å². The molecule has 0 aliphatic heterocycles. The van der Waals surface area contributed by atoms with E-state index in [4.69, 9.17) is 6.15 Å². The van der Waals surface area contributed by atoms with Crippen molar-refractivity contribution in [3.63, 3.8) is 0 Å². The van der Waals surface area contributed by atoms with Crippen LogP contribution in [0.15, 0.2) is 48.5 Å². The average Bonchev–Trinajstić information content (AvgIpc) is 3.02. The van der Waals surface area contributed by atoms with Crippen molar-refractivity contribution in [1.82, 2.24) is 0 Å². The van der Waals surface area contributed by atoms with Gasteiger partial charge in [-0.1, -0.05) is 0 Å². The second-order valence-electron chi connectivity index (χ2n) is 13.0. The van der Waals surface area contributed by atoms with E-state index in [2.05, 4.69) is 76.2 Å². The third kappa shape index (κ3) is 16.6. The fourth-order valence-electron chi connectivity index (χ4n) is 6.20. The third-order valence-corrected chi connectivity index (χ3v) is 18.7. The Kier molecular flexibility index (Phi) is 22.2. The molecule has 43 heavy (non-hydrogen) atoms. The Bertz CT molecular complexity index is 851. The predicted octanol–water partition coefficient (Wildman–Crippen LogP) is 13.6. The zero-order valence-corrected chi connectivity index (χ0v) is 31.8.